The molecular weight excluding hydrogens is 403 g/mol. The van der Waals surface area contributed by atoms with Gasteiger partial charge < -0.3 is 4.74 Å². The number of ether oxygens (including phenoxy) is 1. The Labute approximate surface area is 130 Å². The number of thiophene rings is 1. The molecule has 2 aromatic rings. The summed E-state index contributed by atoms with van der Waals surface area (Å²) in [5.74, 6) is 0.391. The van der Waals surface area contributed by atoms with E-state index in [1.165, 1.54) is 18.4 Å². The van der Waals surface area contributed by atoms with Crippen LogP contribution in [0.15, 0.2) is 31.8 Å². The van der Waals surface area contributed by atoms with E-state index >= 15 is 0 Å². The number of carbonyl (C=O) groups excluding carboxylic acids is 1. The van der Waals surface area contributed by atoms with Crippen LogP contribution in [0, 0.1) is 0 Å². The molecule has 0 amide bonds. The number of hydrogen-bond acceptors (Lipinski definition) is 3. The largest absolute Gasteiger partial charge is 0.496 e. The Balaban J connectivity index is 2.51. The topological polar surface area (TPSA) is 26.3 Å². The lowest BCUT2D eigenvalue weighted by Crippen LogP contribution is -2.03. The van der Waals surface area contributed by atoms with Gasteiger partial charge in [0.25, 0.3) is 0 Å². The van der Waals surface area contributed by atoms with Gasteiger partial charge in [-0.2, -0.15) is 0 Å². The molecule has 94 valence electrons. The molecule has 1 aromatic carbocycles. The number of rotatable bonds is 3. The molecule has 0 N–H and O–H groups in total. The fourth-order valence-electron chi connectivity index (χ4n) is 1.50. The Bertz CT molecular complexity index is 610. The third-order valence-electron chi connectivity index (χ3n) is 2.31. The zero-order valence-electron chi connectivity index (χ0n) is 9.17. The summed E-state index contributed by atoms with van der Waals surface area (Å²) in [6.45, 7) is 0. The van der Waals surface area contributed by atoms with Gasteiger partial charge in [-0.1, -0.05) is 11.6 Å². The Hall–Kier alpha value is -0.360. The van der Waals surface area contributed by atoms with Gasteiger partial charge in [0.05, 0.1) is 20.2 Å². The molecule has 1 aromatic heterocycles. The Kier molecular flexibility index (Phi) is 4.48. The van der Waals surface area contributed by atoms with Gasteiger partial charge in [0.2, 0.25) is 0 Å². The molecule has 0 unspecified atom stereocenters. The first-order chi connectivity index (χ1) is 8.52. The van der Waals surface area contributed by atoms with E-state index in [1.54, 1.807) is 24.3 Å². The average molecular weight is 411 g/mol. The van der Waals surface area contributed by atoms with Crippen LogP contribution in [-0.2, 0) is 0 Å². The smallest absolute Gasteiger partial charge is 0.198 e. The minimum atomic E-state index is -0.122. The van der Waals surface area contributed by atoms with E-state index in [0.717, 1.165) is 7.57 Å². The van der Waals surface area contributed by atoms with Gasteiger partial charge in [-0.05, 0) is 56.1 Å². The monoisotopic (exact) mass is 408 g/mol. The van der Waals surface area contributed by atoms with Crippen molar-refractivity contribution in [1.82, 2.24) is 0 Å². The standard InChI is InChI=1S/C12H7Br2ClO2S/c1-17-9-3-2-6(15)4-7(9)11(16)8-5-10(13)18-12(8)14/h2-5H,1H3. The van der Waals surface area contributed by atoms with Crippen molar-refractivity contribution in [2.75, 3.05) is 7.11 Å². The molecule has 0 saturated heterocycles. The van der Waals surface area contributed by atoms with Crippen LogP contribution in [0.5, 0.6) is 5.75 Å². The number of methoxy groups -OCH3 is 1. The first-order valence-electron chi connectivity index (χ1n) is 4.86. The van der Waals surface area contributed by atoms with Gasteiger partial charge in [-0.15, -0.1) is 11.3 Å². The molecule has 2 nitrogen and oxygen atoms in total. The highest BCUT2D eigenvalue weighted by Gasteiger charge is 2.19. The first-order valence-corrected chi connectivity index (χ1v) is 7.64. The molecule has 0 aliphatic heterocycles. The maximum atomic E-state index is 12.4. The van der Waals surface area contributed by atoms with Crippen molar-refractivity contribution in [3.8, 4) is 5.75 Å². The molecule has 18 heavy (non-hydrogen) atoms. The van der Waals surface area contributed by atoms with Gasteiger partial charge in [0, 0.05) is 10.6 Å². The minimum Gasteiger partial charge on any atom is -0.496 e. The number of carbonyl (C=O) groups is 1. The summed E-state index contributed by atoms with van der Waals surface area (Å²) < 4.78 is 6.85. The molecule has 0 radical (unpaired) electrons. The third kappa shape index (κ3) is 2.79. The summed E-state index contributed by atoms with van der Waals surface area (Å²) >= 11 is 14.1. The van der Waals surface area contributed by atoms with Crippen molar-refractivity contribution in [3.05, 3.63) is 48.0 Å². The predicted molar refractivity (Wildman–Crippen MR) is 81.2 cm³/mol. The summed E-state index contributed by atoms with van der Waals surface area (Å²) in [5, 5.41) is 0.504. The Morgan fingerprint density at radius 3 is 2.56 bits per heavy atom. The van der Waals surface area contributed by atoms with Crippen LogP contribution in [0.2, 0.25) is 5.02 Å². The van der Waals surface area contributed by atoms with Crippen LogP contribution in [0.4, 0.5) is 0 Å². The van der Waals surface area contributed by atoms with Gasteiger partial charge in [0.1, 0.15) is 5.75 Å². The van der Waals surface area contributed by atoms with Crippen LogP contribution in [0.1, 0.15) is 15.9 Å². The molecule has 0 bridgehead atoms. The van der Waals surface area contributed by atoms with Crippen molar-refractivity contribution in [3.63, 3.8) is 0 Å². The number of hydrogen-bond donors (Lipinski definition) is 0. The van der Waals surface area contributed by atoms with Crippen molar-refractivity contribution in [2.24, 2.45) is 0 Å². The van der Waals surface area contributed by atoms with E-state index in [2.05, 4.69) is 31.9 Å². The zero-order chi connectivity index (χ0) is 13.3. The van der Waals surface area contributed by atoms with Crippen LogP contribution < -0.4 is 4.74 Å². The van der Waals surface area contributed by atoms with Crippen molar-refractivity contribution in [1.29, 1.82) is 0 Å². The van der Waals surface area contributed by atoms with Crippen LogP contribution in [-0.4, -0.2) is 12.9 Å². The van der Waals surface area contributed by atoms with E-state index in [4.69, 9.17) is 16.3 Å². The quantitative estimate of drug-likeness (QED) is 0.653. The van der Waals surface area contributed by atoms with E-state index in [-0.39, 0.29) is 5.78 Å². The van der Waals surface area contributed by atoms with Crippen LogP contribution in [0.3, 0.4) is 0 Å². The lowest BCUT2D eigenvalue weighted by Gasteiger charge is -2.07. The second-order valence-corrected chi connectivity index (χ2v) is 7.60. The molecule has 0 aliphatic rings. The van der Waals surface area contributed by atoms with Crippen LogP contribution >= 0.6 is 54.8 Å². The van der Waals surface area contributed by atoms with Crippen molar-refractivity contribution < 1.29 is 9.53 Å². The van der Waals surface area contributed by atoms with Crippen LogP contribution in [0.25, 0.3) is 0 Å². The lowest BCUT2D eigenvalue weighted by atomic mass is 10.1. The zero-order valence-corrected chi connectivity index (χ0v) is 13.9. The lowest BCUT2D eigenvalue weighted by molar-refractivity contribution is 0.103. The maximum absolute atomic E-state index is 12.4. The highest BCUT2D eigenvalue weighted by atomic mass is 79.9. The van der Waals surface area contributed by atoms with E-state index in [9.17, 15) is 4.79 Å². The van der Waals surface area contributed by atoms with Crippen molar-refractivity contribution in [2.45, 2.75) is 0 Å². The van der Waals surface area contributed by atoms with Gasteiger partial charge in [-0.3, -0.25) is 4.79 Å². The molecule has 0 fully saturated rings. The van der Waals surface area contributed by atoms with Crippen molar-refractivity contribution >= 4 is 60.6 Å². The summed E-state index contributed by atoms with van der Waals surface area (Å²) in [5.41, 5.74) is 1.04. The number of halogens is 3. The fraction of sp³-hybridized carbons (Fsp3) is 0.0833. The second-order valence-electron chi connectivity index (χ2n) is 3.41. The van der Waals surface area contributed by atoms with Gasteiger partial charge >= 0.3 is 0 Å². The summed E-state index contributed by atoms with van der Waals surface area (Å²) in [4.78, 5) is 12.4. The van der Waals surface area contributed by atoms with E-state index in [0.29, 0.717) is 21.9 Å². The fourth-order valence-corrected chi connectivity index (χ4v) is 4.46. The maximum Gasteiger partial charge on any atom is 0.198 e. The highest BCUT2D eigenvalue weighted by Crippen LogP contribution is 2.35. The Morgan fingerprint density at radius 1 is 1.28 bits per heavy atom. The average Bonchev–Trinajstić information content (AvgIpc) is 2.67. The van der Waals surface area contributed by atoms with Gasteiger partial charge in [-0.25, -0.2) is 0 Å². The number of benzene rings is 1. The molecule has 1 heterocycles. The SMILES string of the molecule is COc1ccc(Cl)cc1C(=O)c1cc(Br)sc1Br. The molecule has 0 atom stereocenters. The molecule has 0 aliphatic carbocycles. The predicted octanol–water partition coefficient (Wildman–Crippen LogP) is 5.17. The molecule has 2 rings (SSSR count). The third-order valence-corrected chi connectivity index (χ3v) is 4.88. The van der Waals surface area contributed by atoms with E-state index in [1.807, 2.05) is 0 Å². The summed E-state index contributed by atoms with van der Waals surface area (Å²) in [7, 11) is 1.53. The molecule has 0 saturated carbocycles. The second kappa shape index (κ2) is 5.74. The molecule has 6 heteroatoms. The Morgan fingerprint density at radius 2 is 2.00 bits per heavy atom. The van der Waals surface area contributed by atoms with E-state index < -0.39 is 0 Å². The first kappa shape index (κ1) is 14.1. The van der Waals surface area contributed by atoms with Gasteiger partial charge in [0.15, 0.2) is 5.78 Å². The summed E-state index contributed by atoms with van der Waals surface area (Å²) in [6.07, 6.45) is 0. The minimum absolute atomic E-state index is 0.122. The molecular formula is C12H7Br2ClO2S. The normalized spacial score (nSPS) is 10.4. The molecule has 0 spiro atoms. The highest BCUT2D eigenvalue weighted by molar-refractivity contribution is 9.12. The summed E-state index contributed by atoms with van der Waals surface area (Å²) in [6, 6.07) is 6.76. The number of ketones is 1.